The Morgan fingerprint density at radius 1 is 1.00 bits per heavy atom. The lowest BCUT2D eigenvalue weighted by molar-refractivity contribution is 0.178. The molecule has 2 aliphatic rings. The average Bonchev–Trinajstić information content (AvgIpc) is 2.37. The Hall–Kier alpha value is -1.25. The van der Waals surface area contributed by atoms with Gasteiger partial charge in [0.05, 0.1) is 13.2 Å². The predicted octanol–water partition coefficient (Wildman–Crippen LogP) is 4.88. The summed E-state index contributed by atoms with van der Waals surface area (Å²) in [7, 11) is 0. The van der Waals surface area contributed by atoms with Crippen LogP contribution in [0.3, 0.4) is 0 Å². The molecule has 0 amide bonds. The molecule has 116 valence electrons. The molecule has 0 unspecified atom stereocenters. The van der Waals surface area contributed by atoms with Gasteiger partial charge in [-0.15, -0.1) is 0 Å². The second-order valence-electron chi connectivity index (χ2n) is 6.54. The summed E-state index contributed by atoms with van der Waals surface area (Å²) in [6.45, 7) is 3.09. The molecule has 3 rings (SSSR count). The van der Waals surface area contributed by atoms with Crippen LogP contribution in [0.1, 0.15) is 50.5 Å². The van der Waals surface area contributed by atoms with Crippen molar-refractivity contribution in [1.82, 2.24) is 0 Å². The van der Waals surface area contributed by atoms with Gasteiger partial charge in [-0.2, -0.15) is 0 Å². The molecule has 0 bridgehead atoms. The molecule has 0 aromatic heterocycles. The summed E-state index contributed by atoms with van der Waals surface area (Å²) in [4.78, 5) is 0. The van der Waals surface area contributed by atoms with Crippen LogP contribution in [-0.2, 0) is 0 Å². The fourth-order valence-corrected chi connectivity index (χ4v) is 2.89. The number of rotatable bonds is 7. The Balaban J connectivity index is 1.53. The van der Waals surface area contributed by atoms with Gasteiger partial charge >= 0.3 is 0 Å². The van der Waals surface area contributed by atoms with E-state index in [1.54, 1.807) is 13.0 Å². The first kappa shape index (κ1) is 14.7. The highest BCUT2D eigenvalue weighted by atomic mass is 19.1. The van der Waals surface area contributed by atoms with Crippen LogP contribution in [0.15, 0.2) is 12.1 Å². The van der Waals surface area contributed by atoms with E-state index in [4.69, 9.17) is 9.47 Å². The lowest BCUT2D eigenvalue weighted by Gasteiger charge is -2.26. The van der Waals surface area contributed by atoms with Crippen LogP contribution >= 0.6 is 0 Å². The van der Waals surface area contributed by atoms with Gasteiger partial charge in [0.2, 0.25) is 0 Å². The third kappa shape index (κ3) is 3.50. The van der Waals surface area contributed by atoms with Crippen LogP contribution in [0.5, 0.6) is 11.5 Å². The van der Waals surface area contributed by atoms with Crippen LogP contribution in [0, 0.1) is 24.6 Å². The summed E-state index contributed by atoms with van der Waals surface area (Å²) < 4.78 is 25.7. The smallest absolute Gasteiger partial charge is 0.171 e. The molecule has 2 saturated carbocycles. The van der Waals surface area contributed by atoms with Gasteiger partial charge in [0, 0.05) is 5.56 Å². The minimum absolute atomic E-state index is 0.269. The van der Waals surface area contributed by atoms with Crippen molar-refractivity contribution in [3.05, 3.63) is 23.5 Å². The average molecular weight is 292 g/mol. The van der Waals surface area contributed by atoms with Crippen LogP contribution in [-0.4, -0.2) is 13.2 Å². The lowest BCUT2D eigenvalue weighted by Crippen LogP contribution is -2.19. The van der Waals surface area contributed by atoms with Gasteiger partial charge in [-0.1, -0.05) is 25.7 Å². The molecular weight excluding hydrogens is 267 g/mol. The molecule has 0 heterocycles. The molecule has 0 radical (unpaired) electrons. The van der Waals surface area contributed by atoms with Crippen molar-refractivity contribution in [1.29, 1.82) is 0 Å². The summed E-state index contributed by atoms with van der Waals surface area (Å²) in [6, 6.07) is 3.55. The molecule has 0 spiro atoms. The van der Waals surface area contributed by atoms with Crippen molar-refractivity contribution >= 4 is 0 Å². The van der Waals surface area contributed by atoms with Crippen LogP contribution in [0.2, 0.25) is 0 Å². The summed E-state index contributed by atoms with van der Waals surface area (Å²) >= 11 is 0. The molecule has 1 aromatic carbocycles. The first-order valence-electron chi connectivity index (χ1n) is 8.28. The minimum atomic E-state index is -0.269. The second-order valence-corrected chi connectivity index (χ2v) is 6.54. The molecular formula is C18H25FO2. The van der Waals surface area contributed by atoms with E-state index in [0.29, 0.717) is 36.2 Å². The molecule has 0 atom stereocenters. The standard InChI is InChI=1S/C18H25FO2/c1-13-16(21-12-15-6-3-7-15)8-9-17(18(13)19)20-11-10-14-4-2-5-14/h8-9,14-15H,2-7,10-12H2,1H3. The summed E-state index contributed by atoms with van der Waals surface area (Å²) in [5.74, 6) is 2.20. The quantitative estimate of drug-likeness (QED) is 0.713. The maximum atomic E-state index is 14.3. The van der Waals surface area contributed by atoms with Crippen LogP contribution < -0.4 is 9.47 Å². The molecule has 0 N–H and O–H groups in total. The van der Waals surface area contributed by atoms with Gasteiger partial charge in [0.15, 0.2) is 11.6 Å². The van der Waals surface area contributed by atoms with Gasteiger partial charge in [-0.05, 0) is 50.2 Å². The highest BCUT2D eigenvalue weighted by Gasteiger charge is 2.20. The maximum absolute atomic E-state index is 14.3. The molecule has 2 nitrogen and oxygen atoms in total. The second kappa shape index (κ2) is 6.67. The zero-order valence-electron chi connectivity index (χ0n) is 12.9. The number of halogens is 1. The molecule has 2 fully saturated rings. The molecule has 2 aliphatic carbocycles. The monoisotopic (exact) mass is 292 g/mol. The van der Waals surface area contributed by atoms with E-state index in [1.807, 2.05) is 6.07 Å². The van der Waals surface area contributed by atoms with Crippen molar-refractivity contribution in [2.24, 2.45) is 11.8 Å². The summed E-state index contributed by atoms with van der Waals surface area (Å²) in [5.41, 5.74) is 0.565. The van der Waals surface area contributed by atoms with Crippen LogP contribution in [0.4, 0.5) is 4.39 Å². The fraction of sp³-hybridized carbons (Fsp3) is 0.667. The van der Waals surface area contributed by atoms with Crippen molar-refractivity contribution < 1.29 is 13.9 Å². The Kier molecular flexibility index (Phi) is 4.67. The SMILES string of the molecule is Cc1c(OCC2CCC2)ccc(OCCC2CCC2)c1F. The molecule has 21 heavy (non-hydrogen) atoms. The Morgan fingerprint density at radius 3 is 2.29 bits per heavy atom. The van der Waals surface area contributed by atoms with E-state index < -0.39 is 0 Å². The molecule has 1 aromatic rings. The van der Waals surface area contributed by atoms with E-state index in [9.17, 15) is 4.39 Å². The zero-order chi connectivity index (χ0) is 14.7. The Morgan fingerprint density at radius 2 is 1.67 bits per heavy atom. The third-order valence-electron chi connectivity index (χ3n) is 5.01. The molecule has 0 saturated heterocycles. The molecule has 3 heteroatoms. The van der Waals surface area contributed by atoms with Crippen molar-refractivity contribution in [3.63, 3.8) is 0 Å². The number of hydrogen-bond acceptors (Lipinski definition) is 2. The van der Waals surface area contributed by atoms with Gasteiger partial charge in [0.25, 0.3) is 0 Å². The maximum Gasteiger partial charge on any atom is 0.171 e. The van der Waals surface area contributed by atoms with Crippen molar-refractivity contribution in [3.8, 4) is 11.5 Å². The van der Waals surface area contributed by atoms with E-state index >= 15 is 0 Å². The van der Waals surface area contributed by atoms with E-state index in [2.05, 4.69) is 0 Å². The van der Waals surface area contributed by atoms with Gasteiger partial charge in [-0.25, -0.2) is 4.39 Å². The van der Waals surface area contributed by atoms with Gasteiger partial charge in [-0.3, -0.25) is 0 Å². The Bertz CT molecular complexity index is 478. The highest BCUT2D eigenvalue weighted by molar-refractivity contribution is 5.41. The third-order valence-corrected chi connectivity index (χ3v) is 5.01. The summed E-state index contributed by atoms with van der Waals surface area (Å²) in [6.07, 6.45) is 8.77. The number of ether oxygens (including phenoxy) is 2. The largest absolute Gasteiger partial charge is 0.493 e. The first-order valence-corrected chi connectivity index (χ1v) is 8.28. The van der Waals surface area contributed by atoms with Crippen LogP contribution in [0.25, 0.3) is 0 Å². The minimum Gasteiger partial charge on any atom is -0.493 e. The van der Waals surface area contributed by atoms with Gasteiger partial charge in [0.1, 0.15) is 5.75 Å². The van der Waals surface area contributed by atoms with E-state index in [0.717, 1.165) is 12.3 Å². The van der Waals surface area contributed by atoms with Gasteiger partial charge < -0.3 is 9.47 Å². The normalized spacial score (nSPS) is 19.0. The predicted molar refractivity (Wildman–Crippen MR) is 81.4 cm³/mol. The topological polar surface area (TPSA) is 18.5 Å². The number of benzene rings is 1. The van der Waals surface area contributed by atoms with Crippen molar-refractivity contribution in [2.75, 3.05) is 13.2 Å². The van der Waals surface area contributed by atoms with E-state index in [-0.39, 0.29) is 5.82 Å². The highest BCUT2D eigenvalue weighted by Crippen LogP contribution is 2.32. The number of hydrogen-bond donors (Lipinski definition) is 0. The Labute approximate surface area is 126 Å². The fourth-order valence-electron chi connectivity index (χ4n) is 2.89. The molecule has 0 aliphatic heterocycles. The zero-order valence-corrected chi connectivity index (χ0v) is 12.9. The lowest BCUT2D eigenvalue weighted by atomic mass is 9.83. The first-order chi connectivity index (χ1) is 10.2. The van der Waals surface area contributed by atoms with E-state index in [1.165, 1.54) is 38.5 Å². The summed E-state index contributed by atoms with van der Waals surface area (Å²) in [5, 5.41) is 0. The van der Waals surface area contributed by atoms with Crippen molar-refractivity contribution in [2.45, 2.75) is 51.9 Å².